The summed E-state index contributed by atoms with van der Waals surface area (Å²) in [7, 11) is 0. The lowest BCUT2D eigenvalue weighted by atomic mass is 10.1. The van der Waals surface area contributed by atoms with Crippen molar-refractivity contribution in [3.63, 3.8) is 0 Å². The Morgan fingerprint density at radius 3 is 2.52 bits per heavy atom. The van der Waals surface area contributed by atoms with Gasteiger partial charge in [-0.2, -0.15) is 0 Å². The van der Waals surface area contributed by atoms with E-state index >= 15 is 0 Å². The van der Waals surface area contributed by atoms with E-state index in [9.17, 15) is 4.79 Å². The number of halogens is 1. The molecule has 0 atom stereocenters. The van der Waals surface area contributed by atoms with Gasteiger partial charge < -0.3 is 15.6 Å². The van der Waals surface area contributed by atoms with Gasteiger partial charge in [0, 0.05) is 0 Å². The Hall–Kier alpha value is -2.04. The van der Waals surface area contributed by atoms with Crippen LogP contribution in [0.4, 0.5) is 0 Å². The Morgan fingerprint density at radius 1 is 1.19 bits per heavy atom. The molecule has 2 aromatic rings. The highest BCUT2D eigenvalue weighted by Gasteiger charge is 2.08. The molecular weight excluding hydrogens is 290 g/mol. The largest absolute Gasteiger partial charge is 0.487 e. The van der Waals surface area contributed by atoms with Gasteiger partial charge >= 0.3 is 5.97 Å². The minimum absolute atomic E-state index is 0.250. The first kappa shape index (κ1) is 15.4. The zero-order chi connectivity index (χ0) is 15.2. The van der Waals surface area contributed by atoms with Crippen molar-refractivity contribution in [2.75, 3.05) is 6.54 Å². The second kappa shape index (κ2) is 7.11. The molecule has 0 aliphatic rings. The third kappa shape index (κ3) is 3.97. The van der Waals surface area contributed by atoms with Gasteiger partial charge in [0.05, 0.1) is 10.6 Å². The van der Waals surface area contributed by atoms with E-state index in [0.717, 1.165) is 11.1 Å². The molecule has 0 unspecified atom stereocenters. The standard InChI is InChI=1S/C16H16ClNO3/c17-14-3-1-2-12(8-9-18)15(14)21-10-11-4-6-13(7-5-11)16(19)20/h1-7H,8-10,18H2,(H,19,20). The Labute approximate surface area is 128 Å². The van der Waals surface area contributed by atoms with E-state index < -0.39 is 5.97 Å². The maximum Gasteiger partial charge on any atom is 0.335 e. The van der Waals surface area contributed by atoms with Crippen molar-refractivity contribution in [2.45, 2.75) is 13.0 Å². The van der Waals surface area contributed by atoms with Gasteiger partial charge in [-0.25, -0.2) is 4.79 Å². The smallest absolute Gasteiger partial charge is 0.335 e. The van der Waals surface area contributed by atoms with E-state index in [1.807, 2.05) is 12.1 Å². The second-order valence-corrected chi connectivity index (χ2v) is 4.96. The average molecular weight is 306 g/mol. The minimum atomic E-state index is -0.946. The lowest BCUT2D eigenvalue weighted by Crippen LogP contribution is -2.06. The van der Waals surface area contributed by atoms with Gasteiger partial charge in [-0.3, -0.25) is 0 Å². The molecule has 0 saturated heterocycles. The molecule has 0 aliphatic carbocycles. The molecule has 0 aromatic heterocycles. The summed E-state index contributed by atoms with van der Waals surface area (Å²) >= 11 is 6.15. The van der Waals surface area contributed by atoms with Gasteiger partial charge in [0.1, 0.15) is 12.4 Å². The van der Waals surface area contributed by atoms with Crippen LogP contribution in [0.1, 0.15) is 21.5 Å². The number of para-hydroxylation sites is 1. The molecule has 0 spiro atoms. The van der Waals surface area contributed by atoms with Crippen molar-refractivity contribution in [1.82, 2.24) is 0 Å². The van der Waals surface area contributed by atoms with Gasteiger partial charge in [0.15, 0.2) is 0 Å². The van der Waals surface area contributed by atoms with Crippen molar-refractivity contribution in [1.29, 1.82) is 0 Å². The van der Waals surface area contributed by atoms with E-state index in [4.69, 9.17) is 27.2 Å². The Kier molecular flexibility index (Phi) is 5.20. The molecule has 0 bridgehead atoms. The Morgan fingerprint density at radius 2 is 1.90 bits per heavy atom. The third-order valence-corrected chi connectivity index (χ3v) is 3.34. The van der Waals surface area contributed by atoms with E-state index in [-0.39, 0.29) is 5.56 Å². The zero-order valence-corrected chi connectivity index (χ0v) is 12.1. The topological polar surface area (TPSA) is 72.5 Å². The number of carboxylic acid groups (broad SMARTS) is 1. The molecule has 0 aliphatic heterocycles. The quantitative estimate of drug-likeness (QED) is 0.860. The van der Waals surface area contributed by atoms with Crippen molar-refractivity contribution < 1.29 is 14.6 Å². The fourth-order valence-electron chi connectivity index (χ4n) is 1.97. The number of aromatic carboxylic acids is 1. The normalized spacial score (nSPS) is 10.4. The minimum Gasteiger partial charge on any atom is -0.487 e. The molecule has 0 fully saturated rings. The van der Waals surface area contributed by atoms with Gasteiger partial charge in [-0.05, 0) is 42.3 Å². The number of rotatable bonds is 6. The molecule has 0 amide bonds. The van der Waals surface area contributed by atoms with Crippen molar-refractivity contribution in [3.05, 3.63) is 64.2 Å². The first-order chi connectivity index (χ1) is 10.1. The predicted molar refractivity (Wildman–Crippen MR) is 81.9 cm³/mol. The monoisotopic (exact) mass is 305 g/mol. The van der Waals surface area contributed by atoms with Crippen LogP contribution in [-0.2, 0) is 13.0 Å². The highest BCUT2D eigenvalue weighted by atomic mass is 35.5. The molecule has 0 radical (unpaired) electrons. The average Bonchev–Trinajstić information content (AvgIpc) is 2.47. The Balaban J connectivity index is 2.10. The van der Waals surface area contributed by atoms with Crippen LogP contribution in [0.5, 0.6) is 5.75 Å². The summed E-state index contributed by atoms with van der Waals surface area (Å²) in [5.74, 6) is -0.314. The lowest BCUT2D eigenvalue weighted by Gasteiger charge is -2.13. The van der Waals surface area contributed by atoms with Crippen LogP contribution in [0.15, 0.2) is 42.5 Å². The van der Waals surface area contributed by atoms with Crippen molar-refractivity contribution in [3.8, 4) is 5.75 Å². The van der Waals surface area contributed by atoms with Crippen molar-refractivity contribution >= 4 is 17.6 Å². The molecule has 0 heterocycles. The Bertz CT molecular complexity index is 626. The molecule has 4 nitrogen and oxygen atoms in total. The van der Waals surface area contributed by atoms with Gasteiger partial charge in [-0.1, -0.05) is 35.9 Å². The molecule has 2 aromatic carbocycles. The van der Waals surface area contributed by atoms with Crippen LogP contribution in [0, 0.1) is 0 Å². The SMILES string of the molecule is NCCc1cccc(Cl)c1OCc1ccc(C(=O)O)cc1. The molecule has 2 rings (SSSR count). The zero-order valence-electron chi connectivity index (χ0n) is 11.4. The lowest BCUT2D eigenvalue weighted by molar-refractivity contribution is 0.0697. The summed E-state index contributed by atoms with van der Waals surface area (Å²) in [6, 6.07) is 12.1. The fraction of sp³-hybridized carbons (Fsp3) is 0.188. The summed E-state index contributed by atoms with van der Waals surface area (Å²) in [6.45, 7) is 0.839. The molecule has 110 valence electrons. The molecule has 5 heteroatoms. The van der Waals surface area contributed by atoms with E-state index in [1.54, 1.807) is 30.3 Å². The number of hydrogen-bond acceptors (Lipinski definition) is 3. The number of nitrogens with two attached hydrogens (primary N) is 1. The van der Waals surface area contributed by atoms with Crippen LogP contribution < -0.4 is 10.5 Å². The van der Waals surface area contributed by atoms with Crippen molar-refractivity contribution in [2.24, 2.45) is 5.73 Å². The van der Waals surface area contributed by atoms with Gasteiger partial charge in [-0.15, -0.1) is 0 Å². The third-order valence-electron chi connectivity index (χ3n) is 3.05. The number of hydrogen-bond donors (Lipinski definition) is 2. The highest BCUT2D eigenvalue weighted by Crippen LogP contribution is 2.29. The number of carboxylic acids is 1. The predicted octanol–water partition coefficient (Wildman–Crippen LogP) is 3.12. The van der Waals surface area contributed by atoms with Crippen LogP contribution in [0.25, 0.3) is 0 Å². The summed E-state index contributed by atoms with van der Waals surface area (Å²) in [6.07, 6.45) is 0.688. The van der Waals surface area contributed by atoms with E-state index in [2.05, 4.69) is 0 Å². The van der Waals surface area contributed by atoms with Gasteiger partial charge in [0.2, 0.25) is 0 Å². The van der Waals surface area contributed by atoms with E-state index in [0.29, 0.717) is 30.3 Å². The second-order valence-electron chi connectivity index (χ2n) is 4.56. The first-order valence-electron chi connectivity index (χ1n) is 6.54. The van der Waals surface area contributed by atoms with E-state index in [1.165, 1.54) is 0 Å². The molecule has 3 N–H and O–H groups in total. The number of carbonyl (C=O) groups is 1. The van der Waals surface area contributed by atoms with Crippen LogP contribution in [-0.4, -0.2) is 17.6 Å². The molecule has 21 heavy (non-hydrogen) atoms. The highest BCUT2D eigenvalue weighted by molar-refractivity contribution is 6.32. The number of benzene rings is 2. The summed E-state index contributed by atoms with van der Waals surface area (Å²) in [5, 5.41) is 9.40. The van der Waals surface area contributed by atoms with Crippen LogP contribution >= 0.6 is 11.6 Å². The van der Waals surface area contributed by atoms with Crippen LogP contribution in [0.3, 0.4) is 0 Å². The summed E-state index contributed by atoms with van der Waals surface area (Å²) < 4.78 is 5.77. The fourth-order valence-corrected chi connectivity index (χ4v) is 2.22. The van der Waals surface area contributed by atoms with Crippen LogP contribution in [0.2, 0.25) is 5.02 Å². The molecular formula is C16H16ClNO3. The molecule has 0 saturated carbocycles. The van der Waals surface area contributed by atoms with Gasteiger partial charge in [0.25, 0.3) is 0 Å². The summed E-state index contributed by atoms with van der Waals surface area (Å²) in [4.78, 5) is 10.8. The summed E-state index contributed by atoms with van der Waals surface area (Å²) in [5.41, 5.74) is 7.67. The first-order valence-corrected chi connectivity index (χ1v) is 6.92. The maximum atomic E-state index is 10.8. The maximum absolute atomic E-state index is 10.8. The number of ether oxygens (including phenoxy) is 1.